The topological polar surface area (TPSA) is 46.6 Å². The summed E-state index contributed by atoms with van der Waals surface area (Å²) in [6.07, 6.45) is 0. The number of benzene rings is 1. The van der Waals surface area contributed by atoms with Crippen molar-refractivity contribution in [3.63, 3.8) is 0 Å². The molecule has 0 spiro atoms. The quantitative estimate of drug-likeness (QED) is 0.767. The minimum Gasteiger partial charge on any atom is -0.468 e. The molecule has 0 saturated heterocycles. The summed E-state index contributed by atoms with van der Waals surface area (Å²) < 4.78 is 4.93. The Balaban J connectivity index is 2.66. The minimum absolute atomic E-state index is 0.0248. The molecule has 1 aromatic rings. The van der Waals surface area contributed by atoms with Crippen LogP contribution in [0, 0.1) is 0 Å². The maximum atomic E-state index is 12.5. The highest BCUT2D eigenvalue weighted by atomic mass is 16.5. The van der Waals surface area contributed by atoms with Crippen molar-refractivity contribution in [1.29, 1.82) is 0 Å². The third-order valence-electron chi connectivity index (χ3n) is 3.90. The molecule has 1 aromatic carbocycles. The van der Waals surface area contributed by atoms with Gasteiger partial charge in [-0.1, -0.05) is 18.2 Å². The van der Waals surface area contributed by atoms with Crippen molar-refractivity contribution in [1.82, 2.24) is 4.90 Å². The molecule has 4 nitrogen and oxygen atoms in total. The van der Waals surface area contributed by atoms with E-state index in [9.17, 15) is 9.59 Å². The number of esters is 1. The Morgan fingerprint density at radius 1 is 1.37 bits per heavy atom. The average Bonchev–Trinajstić information content (AvgIpc) is 2.38. The van der Waals surface area contributed by atoms with Crippen molar-refractivity contribution in [2.75, 3.05) is 13.7 Å². The van der Waals surface area contributed by atoms with Crippen molar-refractivity contribution in [2.24, 2.45) is 0 Å². The van der Waals surface area contributed by atoms with Crippen molar-refractivity contribution in [3.05, 3.63) is 35.4 Å². The zero-order valence-electron chi connectivity index (χ0n) is 11.8. The Labute approximate surface area is 113 Å². The Morgan fingerprint density at radius 2 is 2.00 bits per heavy atom. The molecule has 4 heteroatoms. The molecule has 1 unspecified atom stereocenters. The summed E-state index contributed by atoms with van der Waals surface area (Å²) in [5, 5.41) is 0. The van der Waals surface area contributed by atoms with E-state index in [0.29, 0.717) is 12.1 Å². The zero-order chi connectivity index (χ0) is 14.2. The lowest BCUT2D eigenvalue weighted by Crippen LogP contribution is -2.57. The highest BCUT2D eigenvalue weighted by Gasteiger charge is 2.48. The fraction of sp³-hybridized carbons (Fsp3) is 0.467. The van der Waals surface area contributed by atoms with Crippen LogP contribution >= 0.6 is 0 Å². The van der Waals surface area contributed by atoms with Gasteiger partial charge < -0.3 is 9.64 Å². The van der Waals surface area contributed by atoms with Gasteiger partial charge in [-0.25, -0.2) is 0 Å². The van der Waals surface area contributed by atoms with Crippen LogP contribution in [0.15, 0.2) is 24.3 Å². The standard InChI is InChI=1S/C15H19NO3/c1-5-16-13(17)11-9-7-6-8-10(11)12(14(18)19-4)15(16,2)3/h6-9,12H,5H2,1-4H3. The lowest BCUT2D eigenvalue weighted by atomic mass is 9.75. The maximum absolute atomic E-state index is 12.5. The SMILES string of the molecule is CCN1C(=O)c2ccccc2C(C(=O)OC)C1(C)C. The van der Waals surface area contributed by atoms with E-state index in [1.165, 1.54) is 7.11 Å². The molecule has 1 atom stereocenters. The summed E-state index contributed by atoms with van der Waals surface area (Å²) in [5.74, 6) is -0.780. The summed E-state index contributed by atoms with van der Waals surface area (Å²) in [6.45, 7) is 6.30. The lowest BCUT2D eigenvalue weighted by molar-refractivity contribution is -0.145. The number of hydrogen-bond acceptors (Lipinski definition) is 3. The molecule has 0 aromatic heterocycles. The van der Waals surface area contributed by atoms with Gasteiger partial charge in [-0.15, -0.1) is 0 Å². The molecular formula is C15H19NO3. The van der Waals surface area contributed by atoms with Gasteiger partial charge in [-0.2, -0.15) is 0 Å². The second-order valence-electron chi connectivity index (χ2n) is 5.25. The number of likely N-dealkylation sites (N-methyl/N-ethyl adjacent to an activating group) is 1. The van der Waals surface area contributed by atoms with E-state index in [0.717, 1.165) is 5.56 Å². The first-order valence-electron chi connectivity index (χ1n) is 6.43. The Morgan fingerprint density at radius 3 is 2.58 bits per heavy atom. The van der Waals surface area contributed by atoms with Gasteiger partial charge in [0.05, 0.1) is 12.6 Å². The second-order valence-corrected chi connectivity index (χ2v) is 5.25. The summed E-state index contributed by atoms with van der Waals surface area (Å²) >= 11 is 0. The van der Waals surface area contributed by atoms with Crippen LogP contribution in [0.3, 0.4) is 0 Å². The number of methoxy groups -OCH3 is 1. The molecule has 0 N–H and O–H groups in total. The average molecular weight is 261 g/mol. The van der Waals surface area contributed by atoms with Crippen LogP contribution in [0.1, 0.15) is 42.6 Å². The normalized spacial score (nSPS) is 20.9. The summed E-state index contributed by atoms with van der Waals surface area (Å²) in [4.78, 5) is 26.4. The predicted octanol–water partition coefficient (Wildman–Crippen LogP) is 2.20. The molecule has 1 amide bonds. The van der Waals surface area contributed by atoms with Gasteiger partial charge in [0.25, 0.3) is 5.91 Å². The summed E-state index contributed by atoms with van der Waals surface area (Å²) in [7, 11) is 1.38. The number of nitrogens with zero attached hydrogens (tertiary/aromatic N) is 1. The van der Waals surface area contributed by atoms with E-state index >= 15 is 0 Å². The third kappa shape index (κ3) is 1.91. The largest absolute Gasteiger partial charge is 0.468 e. The molecule has 0 radical (unpaired) electrons. The zero-order valence-corrected chi connectivity index (χ0v) is 11.8. The van der Waals surface area contributed by atoms with Crippen molar-refractivity contribution in [2.45, 2.75) is 32.2 Å². The number of amides is 1. The van der Waals surface area contributed by atoms with Gasteiger partial charge in [0, 0.05) is 12.1 Å². The highest BCUT2D eigenvalue weighted by Crippen LogP contribution is 2.41. The first kappa shape index (κ1) is 13.6. The minimum atomic E-state index is -0.590. The number of hydrogen-bond donors (Lipinski definition) is 0. The van der Waals surface area contributed by atoms with Crippen LogP contribution in [-0.4, -0.2) is 36.0 Å². The van der Waals surface area contributed by atoms with Gasteiger partial charge >= 0.3 is 5.97 Å². The molecule has 102 valence electrons. The molecule has 0 saturated carbocycles. The predicted molar refractivity (Wildman–Crippen MR) is 72.0 cm³/mol. The Bertz CT molecular complexity index is 522. The molecular weight excluding hydrogens is 242 g/mol. The second kappa shape index (κ2) is 4.68. The van der Waals surface area contributed by atoms with Crippen LogP contribution in [0.2, 0.25) is 0 Å². The van der Waals surface area contributed by atoms with Crippen LogP contribution in [0.4, 0.5) is 0 Å². The van der Waals surface area contributed by atoms with Crippen LogP contribution in [0.5, 0.6) is 0 Å². The van der Waals surface area contributed by atoms with Gasteiger partial charge in [0.15, 0.2) is 0 Å². The van der Waals surface area contributed by atoms with Crippen LogP contribution in [-0.2, 0) is 9.53 Å². The molecule has 0 bridgehead atoms. The smallest absolute Gasteiger partial charge is 0.315 e. The van der Waals surface area contributed by atoms with Crippen LogP contribution < -0.4 is 0 Å². The summed E-state index contributed by atoms with van der Waals surface area (Å²) in [6, 6.07) is 7.27. The van der Waals surface area contributed by atoms with E-state index in [4.69, 9.17) is 4.74 Å². The van der Waals surface area contributed by atoms with E-state index in [2.05, 4.69) is 0 Å². The van der Waals surface area contributed by atoms with E-state index in [1.54, 1.807) is 11.0 Å². The van der Waals surface area contributed by atoms with Crippen molar-refractivity contribution < 1.29 is 14.3 Å². The molecule has 1 aliphatic rings. The molecule has 2 rings (SSSR count). The van der Waals surface area contributed by atoms with Gasteiger partial charge in [0.2, 0.25) is 0 Å². The third-order valence-corrected chi connectivity index (χ3v) is 3.90. The molecule has 19 heavy (non-hydrogen) atoms. The number of carbonyl (C=O) groups excluding carboxylic acids is 2. The Hall–Kier alpha value is -1.84. The van der Waals surface area contributed by atoms with E-state index in [-0.39, 0.29) is 11.9 Å². The van der Waals surface area contributed by atoms with Crippen molar-refractivity contribution in [3.8, 4) is 0 Å². The van der Waals surface area contributed by atoms with E-state index in [1.807, 2.05) is 39.0 Å². The number of ether oxygens (including phenoxy) is 1. The Kier molecular flexibility index (Phi) is 3.35. The fourth-order valence-electron chi connectivity index (χ4n) is 2.97. The lowest BCUT2D eigenvalue weighted by Gasteiger charge is -2.46. The summed E-state index contributed by atoms with van der Waals surface area (Å²) in [5.41, 5.74) is 0.765. The van der Waals surface area contributed by atoms with Crippen molar-refractivity contribution >= 4 is 11.9 Å². The molecule has 0 aliphatic carbocycles. The fourth-order valence-corrected chi connectivity index (χ4v) is 2.97. The maximum Gasteiger partial charge on any atom is 0.315 e. The molecule has 1 aliphatic heterocycles. The number of rotatable bonds is 2. The monoisotopic (exact) mass is 261 g/mol. The van der Waals surface area contributed by atoms with E-state index < -0.39 is 11.5 Å². The number of carbonyl (C=O) groups is 2. The number of fused-ring (bicyclic) bond motifs is 1. The van der Waals surface area contributed by atoms with Gasteiger partial charge in [-0.3, -0.25) is 9.59 Å². The molecule has 1 heterocycles. The first-order chi connectivity index (χ1) is 8.95. The molecule has 0 fully saturated rings. The van der Waals surface area contributed by atoms with Crippen LogP contribution in [0.25, 0.3) is 0 Å². The van der Waals surface area contributed by atoms with Gasteiger partial charge in [0.1, 0.15) is 5.92 Å². The van der Waals surface area contributed by atoms with Gasteiger partial charge in [-0.05, 0) is 32.4 Å². The highest BCUT2D eigenvalue weighted by molar-refractivity contribution is 6.01. The first-order valence-corrected chi connectivity index (χ1v) is 6.43.